The summed E-state index contributed by atoms with van der Waals surface area (Å²) in [6, 6.07) is 0. The zero-order chi connectivity index (χ0) is 22.0. The first kappa shape index (κ1) is 27.8. The molecule has 0 aromatic carbocycles. The van der Waals surface area contributed by atoms with Crippen molar-refractivity contribution in [3.63, 3.8) is 0 Å². The molecule has 2 unspecified atom stereocenters. The number of hydrogen-bond acceptors (Lipinski definition) is 5. The maximum atomic E-state index is 11.8. The van der Waals surface area contributed by atoms with E-state index in [1.165, 1.54) is 64.7 Å². The van der Waals surface area contributed by atoms with Gasteiger partial charge >= 0.3 is 5.97 Å². The molecule has 2 atom stereocenters. The number of unbranched alkanes of at least 4 members (excludes halogenated alkanes) is 12. The number of carbonyl (C=O) groups is 2. The predicted molar refractivity (Wildman–Crippen MR) is 118 cm³/mol. The highest BCUT2D eigenvalue weighted by Gasteiger charge is 2.42. The molecule has 5 nitrogen and oxygen atoms in total. The molecule has 29 heavy (non-hydrogen) atoms. The molecule has 0 fully saturated rings. The molecule has 0 bridgehead atoms. The van der Waals surface area contributed by atoms with Crippen LogP contribution >= 0.6 is 0 Å². The fraction of sp³-hybridized carbons (Fsp3) is 0.833. The molecular formula is C24H44O5. The highest BCUT2D eigenvalue weighted by atomic mass is 16.6. The highest BCUT2D eigenvalue weighted by Crippen LogP contribution is 2.13. The second kappa shape index (κ2) is 17.6. The van der Waals surface area contributed by atoms with Gasteiger partial charge in [0.05, 0.1) is 6.61 Å². The van der Waals surface area contributed by atoms with Crippen LogP contribution in [0.5, 0.6) is 0 Å². The van der Waals surface area contributed by atoms with Gasteiger partial charge in [-0.25, -0.2) is 4.79 Å². The van der Waals surface area contributed by atoms with Crippen molar-refractivity contribution in [1.82, 2.24) is 0 Å². The Bertz CT molecular complexity index is 454. The SMILES string of the molecule is CCCCCCCC/C=C\CCCCCCCCOC(=O)C(C)(O)C(=O)C(C)O. The molecule has 0 aliphatic heterocycles. The Hall–Kier alpha value is -1.20. The number of esters is 1. The molecule has 170 valence electrons. The number of ketones is 1. The number of Topliss-reactive ketones (excluding diaryl/α,β-unsaturated/α-hetero) is 1. The third kappa shape index (κ3) is 14.4. The average molecular weight is 413 g/mol. The van der Waals surface area contributed by atoms with Gasteiger partial charge < -0.3 is 14.9 Å². The van der Waals surface area contributed by atoms with Crippen LogP contribution in [0.1, 0.15) is 111 Å². The lowest BCUT2D eigenvalue weighted by Gasteiger charge is -2.21. The summed E-state index contributed by atoms with van der Waals surface area (Å²) >= 11 is 0. The van der Waals surface area contributed by atoms with Crippen LogP contribution in [-0.2, 0) is 14.3 Å². The van der Waals surface area contributed by atoms with Gasteiger partial charge in [0.2, 0.25) is 11.4 Å². The number of carbonyl (C=O) groups excluding carboxylic acids is 2. The molecule has 2 N–H and O–H groups in total. The Kier molecular flexibility index (Phi) is 16.9. The van der Waals surface area contributed by atoms with E-state index >= 15 is 0 Å². The molecule has 5 heteroatoms. The van der Waals surface area contributed by atoms with E-state index in [1.54, 1.807) is 0 Å². The molecule has 0 aliphatic rings. The van der Waals surface area contributed by atoms with Gasteiger partial charge in [-0.1, -0.05) is 76.9 Å². The summed E-state index contributed by atoms with van der Waals surface area (Å²) in [5.74, 6) is -1.93. The molecule has 0 amide bonds. The van der Waals surface area contributed by atoms with E-state index in [0.717, 1.165) is 32.6 Å². The Morgan fingerprint density at radius 1 is 0.862 bits per heavy atom. The van der Waals surface area contributed by atoms with Gasteiger partial charge in [-0.3, -0.25) is 4.79 Å². The zero-order valence-electron chi connectivity index (χ0n) is 19.0. The summed E-state index contributed by atoms with van der Waals surface area (Å²) in [5.41, 5.74) is -2.28. The van der Waals surface area contributed by atoms with E-state index in [4.69, 9.17) is 4.74 Å². The summed E-state index contributed by atoms with van der Waals surface area (Å²) < 4.78 is 4.97. The Balaban J connectivity index is 3.48. The van der Waals surface area contributed by atoms with Crippen molar-refractivity contribution in [3.8, 4) is 0 Å². The van der Waals surface area contributed by atoms with Crippen molar-refractivity contribution in [3.05, 3.63) is 12.2 Å². The molecule has 0 rings (SSSR count). The maximum absolute atomic E-state index is 11.8. The Morgan fingerprint density at radius 3 is 1.79 bits per heavy atom. The normalized spacial score (nSPS) is 14.7. The van der Waals surface area contributed by atoms with Crippen molar-refractivity contribution in [2.45, 2.75) is 122 Å². The fourth-order valence-electron chi connectivity index (χ4n) is 3.16. The first-order valence-electron chi connectivity index (χ1n) is 11.6. The monoisotopic (exact) mass is 412 g/mol. The quantitative estimate of drug-likeness (QED) is 0.131. The number of aliphatic hydroxyl groups is 2. The average Bonchev–Trinajstić information content (AvgIpc) is 2.69. The van der Waals surface area contributed by atoms with Crippen LogP contribution in [0.15, 0.2) is 12.2 Å². The first-order valence-corrected chi connectivity index (χ1v) is 11.6. The van der Waals surface area contributed by atoms with Crippen LogP contribution in [0.3, 0.4) is 0 Å². The van der Waals surface area contributed by atoms with Crippen molar-refractivity contribution in [2.24, 2.45) is 0 Å². The van der Waals surface area contributed by atoms with Gasteiger partial charge in [0.1, 0.15) is 6.10 Å². The van der Waals surface area contributed by atoms with Crippen LogP contribution in [0.2, 0.25) is 0 Å². The number of rotatable bonds is 19. The number of allylic oxidation sites excluding steroid dienone is 2. The lowest BCUT2D eigenvalue weighted by Crippen LogP contribution is -2.49. The molecule has 0 radical (unpaired) electrons. The van der Waals surface area contributed by atoms with Gasteiger partial charge in [0.15, 0.2) is 0 Å². The van der Waals surface area contributed by atoms with E-state index in [-0.39, 0.29) is 6.61 Å². The van der Waals surface area contributed by atoms with Crippen molar-refractivity contribution >= 4 is 11.8 Å². The van der Waals surface area contributed by atoms with Crippen LogP contribution < -0.4 is 0 Å². The molecule has 0 aliphatic carbocycles. The third-order valence-electron chi connectivity index (χ3n) is 5.15. The Morgan fingerprint density at radius 2 is 1.31 bits per heavy atom. The van der Waals surface area contributed by atoms with E-state index < -0.39 is 23.5 Å². The smallest absolute Gasteiger partial charge is 0.345 e. The molecular weight excluding hydrogens is 368 g/mol. The minimum Gasteiger partial charge on any atom is -0.463 e. The predicted octanol–water partition coefficient (Wildman–Crippen LogP) is 5.27. The lowest BCUT2D eigenvalue weighted by molar-refractivity contribution is -0.171. The van der Waals surface area contributed by atoms with Crippen molar-refractivity contribution < 1.29 is 24.5 Å². The maximum Gasteiger partial charge on any atom is 0.345 e. The van der Waals surface area contributed by atoms with E-state index in [9.17, 15) is 19.8 Å². The minimum atomic E-state index is -2.28. The molecule has 0 saturated carbocycles. The molecule has 0 heterocycles. The van der Waals surface area contributed by atoms with E-state index in [2.05, 4.69) is 19.1 Å². The van der Waals surface area contributed by atoms with E-state index in [1.807, 2.05) is 0 Å². The summed E-state index contributed by atoms with van der Waals surface area (Å²) in [4.78, 5) is 23.3. The first-order chi connectivity index (χ1) is 13.8. The molecule has 0 saturated heterocycles. The minimum absolute atomic E-state index is 0.184. The largest absolute Gasteiger partial charge is 0.463 e. The second-order valence-electron chi connectivity index (χ2n) is 8.19. The van der Waals surface area contributed by atoms with E-state index in [0.29, 0.717) is 6.42 Å². The van der Waals surface area contributed by atoms with Gasteiger partial charge in [0, 0.05) is 0 Å². The Labute approximate surface area is 177 Å². The van der Waals surface area contributed by atoms with Crippen molar-refractivity contribution in [2.75, 3.05) is 6.61 Å². The zero-order valence-corrected chi connectivity index (χ0v) is 19.0. The second-order valence-corrected chi connectivity index (χ2v) is 8.19. The summed E-state index contributed by atoms with van der Waals surface area (Å²) in [6.07, 6.45) is 20.0. The molecule has 0 aromatic heterocycles. The lowest BCUT2D eigenvalue weighted by atomic mass is 9.97. The number of ether oxygens (including phenoxy) is 1. The standard InChI is InChI=1S/C24H44O5/c1-4-5-6-7-8-9-10-11-12-13-14-15-16-17-18-19-20-29-23(27)24(3,28)22(26)21(2)25/h11-12,21,25,28H,4-10,13-20H2,1-3H3/b12-11-. The van der Waals surface area contributed by atoms with Gasteiger partial charge in [-0.05, 0) is 46.0 Å². The number of aliphatic hydroxyl groups excluding tert-OH is 1. The molecule has 0 aromatic rings. The van der Waals surface area contributed by atoms with Crippen LogP contribution in [0.4, 0.5) is 0 Å². The van der Waals surface area contributed by atoms with Gasteiger partial charge in [0.25, 0.3) is 0 Å². The summed E-state index contributed by atoms with van der Waals surface area (Å²) in [6.45, 7) is 4.71. The summed E-state index contributed by atoms with van der Waals surface area (Å²) in [7, 11) is 0. The van der Waals surface area contributed by atoms with Crippen molar-refractivity contribution in [1.29, 1.82) is 0 Å². The topological polar surface area (TPSA) is 83.8 Å². The molecule has 0 spiro atoms. The number of hydrogen-bond donors (Lipinski definition) is 2. The third-order valence-corrected chi connectivity index (χ3v) is 5.15. The highest BCUT2D eigenvalue weighted by molar-refractivity contribution is 6.08. The van der Waals surface area contributed by atoms with Crippen LogP contribution in [-0.4, -0.2) is 40.3 Å². The summed E-state index contributed by atoms with van der Waals surface area (Å²) in [5, 5.41) is 19.1. The fourth-order valence-corrected chi connectivity index (χ4v) is 3.16. The van der Waals surface area contributed by atoms with Gasteiger partial charge in [-0.15, -0.1) is 0 Å². The van der Waals surface area contributed by atoms with Crippen LogP contribution in [0.25, 0.3) is 0 Å². The van der Waals surface area contributed by atoms with Crippen LogP contribution in [0, 0.1) is 0 Å². The van der Waals surface area contributed by atoms with Gasteiger partial charge in [-0.2, -0.15) is 0 Å².